The summed E-state index contributed by atoms with van der Waals surface area (Å²) in [7, 11) is 0. The molecule has 2 aliphatic heterocycles. The molecule has 6 nitrogen and oxygen atoms in total. The third-order valence-corrected chi connectivity index (χ3v) is 7.06. The van der Waals surface area contributed by atoms with Crippen molar-refractivity contribution in [2.75, 3.05) is 44.6 Å². The highest BCUT2D eigenvalue weighted by molar-refractivity contribution is 6.30. The number of anilines is 1. The van der Waals surface area contributed by atoms with Gasteiger partial charge < -0.3 is 20.4 Å². The van der Waals surface area contributed by atoms with Crippen LogP contribution in [0.15, 0.2) is 48.5 Å². The van der Waals surface area contributed by atoms with Gasteiger partial charge in [0.15, 0.2) is 0 Å². The first-order valence-corrected chi connectivity index (χ1v) is 12.9. The van der Waals surface area contributed by atoms with E-state index in [0.29, 0.717) is 23.7 Å². The van der Waals surface area contributed by atoms with E-state index in [2.05, 4.69) is 21.6 Å². The molecule has 0 radical (unpaired) electrons. The van der Waals surface area contributed by atoms with E-state index in [4.69, 9.17) is 11.6 Å². The molecule has 2 aromatic rings. The third-order valence-electron chi connectivity index (χ3n) is 6.81. The van der Waals surface area contributed by atoms with E-state index < -0.39 is 0 Å². The van der Waals surface area contributed by atoms with Crippen LogP contribution in [0.5, 0.6) is 0 Å². The van der Waals surface area contributed by atoms with Crippen molar-refractivity contribution in [1.29, 1.82) is 0 Å². The van der Waals surface area contributed by atoms with Crippen LogP contribution >= 0.6 is 11.6 Å². The molecule has 3 amide bonds. The van der Waals surface area contributed by atoms with Gasteiger partial charge in [-0.3, -0.25) is 4.79 Å². The summed E-state index contributed by atoms with van der Waals surface area (Å²) < 4.78 is 0. The summed E-state index contributed by atoms with van der Waals surface area (Å²) in [6, 6.07) is 14.9. The molecule has 1 unspecified atom stereocenters. The number of rotatable bonds is 7. The molecule has 0 saturated carbocycles. The quantitative estimate of drug-likeness (QED) is 0.522. The molecule has 0 bridgehead atoms. The standard InChI is InChI=1S/C27H35ClN4O2/c28-24-10-12-25(13-11-24)30-27(34)32-18-5-9-23(20-32)21-7-4-8-22(19-21)26(33)29-14-6-17-31-15-2-1-3-16-31/h4,7-8,10-13,19,23H,1-3,5-6,9,14-18,20H2,(H,29,33)(H,30,34). The topological polar surface area (TPSA) is 64.7 Å². The smallest absolute Gasteiger partial charge is 0.321 e. The van der Waals surface area contributed by atoms with E-state index in [0.717, 1.165) is 43.6 Å². The zero-order chi connectivity index (χ0) is 23.8. The van der Waals surface area contributed by atoms with E-state index in [1.165, 1.54) is 32.4 Å². The minimum Gasteiger partial charge on any atom is -0.352 e. The van der Waals surface area contributed by atoms with Gasteiger partial charge in [0.1, 0.15) is 0 Å². The van der Waals surface area contributed by atoms with Crippen molar-refractivity contribution in [2.24, 2.45) is 0 Å². The number of benzene rings is 2. The van der Waals surface area contributed by atoms with Gasteiger partial charge in [0.2, 0.25) is 0 Å². The van der Waals surface area contributed by atoms with Crippen molar-refractivity contribution < 1.29 is 9.59 Å². The minimum absolute atomic E-state index is 0.0198. The predicted molar refractivity (Wildman–Crippen MR) is 138 cm³/mol. The highest BCUT2D eigenvalue weighted by atomic mass is 35.5. The molecule has 7 heteroatoms. The summed E-state index contributed by atoms with van der Waals surface area (Å²) in [6.07, 6.45) is 6.85. The van der Waals surface area contributed by atoms with Crippen LogP contribution in [0.2, 0.25) is 5.02 Å². The number of nitrogens with one attached hydrogen (secondary N) is 2. The Kier molecular flexibility index (Phi) is 8.83. The monoisotopic (exact) mass is 482 g/mol. The van der Waals surface area contributed by atoms with Crippen LogP contribution in [-0.4, -0.2) is 61.0 Å². The minimum atomic E-state index is -0.102. The van der Waals surface area contributed by atoms with Crippen LogP contribution in [-0.2, 0) is 0 Å². The van der Waals surface area contributed by atoms with Crippen molar-refractivity contribution in [3.63, 3.8) is 0 Å². The summed E-state index contributed by atoms with van der Waals surface area (Å²) >= 11 is 5.93. The van der Waals surface area contributed by atoms with Gasteiger partial charge in [-0.2, -0.15) is 0 Å². The van der Waals surface area contributed by atoms with E-state index >= 15 is 0 Å². The molecule has 182 valence electrons. The van der Waals surface area contributed by atoms with Crippen LogP contribution in [0.1, 0.15) is 60.4 Å². The van der Waals surface area contributed by atoms with Crippen LogP contribution in [0.3, 0.4) is 0 Å². The number of amides is 3. The first-order chi connectivity index (χ1) is 16.6. The number of hydrogen-bond acceptors (Lipinski definition) is 3. The molecule has 2 N–H and O–H groups in total. The van der Waals surface area contributed by atoms with Crippen molar-refractivity contribution in [3.05, 3.63) is 64.7 Å². The van der Waals surface area contributed by atoms with E-state index in [-0.39, 0.29) is 17.9 Å². The first-order valence-electron chi connectivity index (χ1n) is 12.5. The molecule has 4 rings (SSSR count). The number of hydrogen-bond donors (Lipinski definition) is 2. The van der Waals surface area contributed by atoms with E-state index in [1.807, 2.05) is 23.1 Å². The average molecular weight is 483 g/mol. The first kappa shape index (κ1) is 24.6. The molecule has 2 aliphatic rings. The Morgan fingerprint density at radius 2 is 1.76 bits per heavy atom. The second-order valence-electron chi connectivity index (χ2n) is 9.36. The maximum Gasteiger partial charge on any atom is 0.321 e. The number of likely N-dealkylation sites (tertiary alicyclic amines) is 2. The third kappa shape index (κ3) is 6.97. The van der Waals surface area contributed by atoms with Gasteiger partial charge in [-0.1, -0.05) is 30.2 Å². The molecular weight excluding hydrogens is 448 g/mol. The van der Waals surface area contributed by atoms with E-state index in [1.54, 1.807) is 24.3 Å². The summed E-state index contributed by atoms with van der Waals surface area (Å²) in [5.74, 6) is 0.199. The maximum atomic E-state index is 12.8. The second-order valence-corrected chi connectivity index (χ2v) is 9.80. The predicted octanol–water partition coefficient (Wildman–Crippen LogP) is 5.36. The molecule has 2 aromatic carbocycles. The number of carbonyl (C=O) groups excluding carboxylic acids is 2. The highest BCUT2D eigenvalue weighted by Crippen LogP contribution is 2.28. The highest BCUT2D eigenvalue weighted by Gasteiger charge is 2.25. The zero-order valence-corrected chi connectivity index (χ0v) is 20.5. The molecule has 1 atom stereocenters. The van der Waals surface area contributed by atoms with Crippen LogP contribution in [0.4, 0.5) is 10.5 Å². The van der Waals surface area contributed by atoms with Gasteiger partial charge in [0.05, 0.1) is 0 Å². The maximum absolute atomic E-state index is 12.8. The summed E-state index contributed by atoms with van der Waals surface area (Å²) in [5.41, 5.74) is 2.54. The van der Waals surface area contributed by atoms with Gasteiger partial charge in [-0.05, 0) is 93.7 Å². The van der Waals surface area contributed by atoms with Crippen LogP contribution < -0.4 is 10.6 Å². The fraction of sp³-hybridized carbons (Fsp3) is 0.481. The Morgan fingerprint density at radius 1 is 0.971 bits per heavy atom. The lowest BCUT2D eigenvalue weighted by Gasteiger charge is -2.33. The molecule has 0 aromatic heterocycles. The lowest BCUT2D eigenvalue weighted by Crippen LogP contribution is -2.41. The molecule has 0 spiro atoms. The SMILES string of the molecule is O=C(NCCCN1CCCCC1)c1cccc(C2CCCN(C(=O)Nc3ccc(Cl)cc3)C2)c1. The molecule has 2 fully saturated rings. The Balaban J connectivity index is 1.28. The van der Waals surface area contributed by atoms with Crippen molar-refractivity contribution >= 4 is 29.2 Å². The fourth-order valence-corrected chi connectivity index (χ4v) is 5.02. The summed E-state index contributed by atoms with van der Waals surface area (Å²) in [5, 5.41) is 6.67. The van der Waals surface area contributed by atoms with Crippen molar-refractivity contribution in [3.8, 4) is 0 Å². The molecule has 2 saturated heterocycles. The fourth-order valence-electron chi connectivity index (χ4n) is 4.89. The normalized spacial score (nSPS) is 19.0. The van der Waals surface area contributed by atoms with Gasteiger partial charge >= 0.3 is 6.03 Å². The Morgan fingerprint density at radius 3 is 2.56 bits per heavy atom. The van der Waals surface area contributed by atoms with Crippen molar-refractivity contribution in [2.45, 2.75) is 44.4 Å². The Hall–Kier alpha value is -2.57. The Bertz CT molecular complexity index is 959. The van der Waals surface area contributed by atoms with Crippen LogP contribution in [0.25, 0.3) is 0 Å². The average Bonchev–Trinajstić information content (AvgIpc) is 2.88. The second kappa shape index (κ2) is 12.2. The molecular formula is C27H35ClN4O2. The number of urea groups is 1. The van der Waals surface area contributed by atoms with Gasteiger partial charge in [0.25, 0.3) is 5.91 Å². The number of nitrogens with zero attached hydrogens (tertiary/aromatic N) is 2. The lowest BCUT2D eigenvalue weighted by molar-refractivity contribution is 0.0951. The van der Waals surface area contributed by atoms with Crippen LogP contribution in [0, 0.1) is 0 Å². The number of piperidine rings is 2. The molecule has 0 aliphatic carbocycles. The Labute approximate surface area is 207 Å². The summed E-state index contributed by atoms with van der Waals surface area (Å²) in [4.78, 5) is 29.9. The zero-order valence-electron chi connectivity index (χ0n) is 19.8. The number of halogens is 1. The van der Waals surface area contributed by atoms with Gasteiger partial charge in [0, 0.05) is 41.8 Å². The lowest BCUT2D eigenvalue weighted by atomic mass is 9.89. The molecule has 2 heterocycles. The molecule has 34 heavy (non-hydrogen) atoms. The summed E-state index contributed by atoms with van der Waals surface area (Å²) in [6.45, 7) is 5.49. The van der Waals surface area contributed by atoms with Gasteiger partial charge in [-0.15, -0.1) is 0 Å². The largest absolute Gasteiger partial charge is 0.352 e. The number of carbonyl (C=O) groups is 2. The van der Waals surface area contributed by atoms with E-state index in [9.17, 15) is 9.59 Å². The van der Waals surface area contributed by atoms with Crippen molar-refractivity contribution in [1.82, 2.24) is 15.1 Å². The van der Waals surface area contributed by atoms with Gasteiger partial charge in [-0.25, -0.2) is 4.79 Å².